The number of carbonyl (C=O) groups is 1. The van der Waals surface area contributed by atoms with E-state index in [0.717, 1.165) is 25.7 Å². The minimum atomic E-state index is -0.111. The zero-order valence-electron chi connectivity index (χ0n) is 6.32. The summed E-state index contributed by atoms with van der Waals surface area (Å²) >= 11 is 5.48. The molecule has 0 aromatic heterocycles. The van der Waals surface area contributed by atoms with Crippen LogP contribution in [0, 0.1) is 5.41 Å². The van der Waals surface area contributed by atoms with E-state index in [4.69, 9.17) is 11.6 Å². The van der Waals surface area contributed by atoms with Crippen LogP contribution in [0.3, 0.4) is 0 Å². The van der Waals surface area contributed by atoms with E-state index in [2.05, 4.69) is 6.92 Å². The van der Waals surface area contributed by atoms with Gasteiger partial charge in [-0.05, 0) is 30.9 Å². The molecule has 0 aromatic carbocycles. The topological polar surface area (TPSA) is 17.1 Å². The van der Waals surface area contributed by atoms with Crippen LogP contribution in [-0.2, 0) is 4.79 Å². The Morgan fingerprint density at radius 1 is 1.60 bits per heavy atom. The second-order valence-electron chi connectivity index (χ2n) is 3.16. The van der Waals surface area contributed by atoms with E-state index >= 15 is 0 Å². The van der Waals surface area contributed by atoms with Crippen LogP contribution in [-0.4, -0.2) is 5.24 Å². The van der Waals surface area contributed by atoms with Gasteiger partial charge in [-0.2, -0.15) is 0 Å². The number of carbonyl (C=O) groups excluding carboxylic acids is 1. The largest absolute Gasteiger partial charge is 0.281 e. The maximum Gasteiger partial charge on any atom is 0.227 e. The Morgan fingerprint density at radius 3 is 2.30 bits per heavy atom. The summed E-state index contributed by atoms with van der Waals surface area (Å²) in [4.78, 5) is 10.9. The van der Waals surface area contributed by atoms with Gasteiger partial charge in [0.05, 0.1) is 0 Å². The molecule has 1 aliphatic rings. The smallest absolute Gasteiger partial charge is 0.227 e. The molecular formula is C8H13ClO. The lowest BCUT2D eigenvalue weighted by Crippen LogP contribution is -2.34. The van der Waals surface area contributed by atoms with Crippen LogP contribution in [0.25, 0.3) is 0 Å². The van der Waals surface area contributed by atoms with E-state index in [0.29, 0.717) is 0 Å². The minimum absolute atomic E-state index is 0.101. The number of hydrogen-bond acceptors (Lipinski definition) is 1. The first-order valence-electron chi connectivity index (χ1n) is 3.91. The van der Waals surface area contributed by atoms with E-state index in [1.807, 2.05) is 0 Å². The second-order valence-corrected chi connectivity index (χ2v) is 3.50. The monoisotopic (exact) mass is 160 g/mol. The van der Waals surface area contributed by atoms with Crippen molar-refractivity contribution in [3.8, 4) is 0 Å². The van der Waals surface area contributed by atoms with Crippen molar-refractivity contribution in [1.29, 1.82) is 0 Å². The van der Waals surface area contributed by atoms with Crippen LogP contribution in [0.4, 0.5) is 0 Å². The number of halogens is 1. The molecule has 0 radical (unpaired) electrons. The van der Waals surface area contributed by atoms with Crippen molar-refractivity contribution in [3.63, 3.8) is 0 Å². The molecule has 1 rings (SSSR count). The lowest BCUT2D eigenvalue weighted by Gasteiger charge is -2.38. The van der Waals surface area contributed by atoms with Gasteiger partial charge in [0.25, 0.3) is 0 Å². The number of rotatable bonds is 3. The molecule has 0 amide bonds. The third kappa shape index (κ3) is 1.20. The van der Waals surface area contributed by atoms with Crippen molar-refractivity contribution in [2.75, 3.05) is 0 Å². The predicted molar refractivity (Wildman–Crippen MR) is 42.1 cm³/mol. The molecule has 0 aromatic rings. The second kappa shape index (κ2) is 2.91. The molecule has 1 saturated carbocycles. The van der Waals surface area contributed by atoms with E-state index in [1.54, 1.807) is 0 Å². The third-order valence-corrected chi connectivity index (χ3v) is 2.86. The van der Waals surface area contributed by atoms with Gasteiger partial charge in [-0.15, -0.1) is 0 Å². The molecule has 0 spiro atoms. The van der Waals surface area contributed by atoms with Crippen LogP contribution in [0.15, 0.2) is 0 Å². The minimum Gasteiger partial charge on any atom is -0.281 e. The summed E-state index contributed by atoms with van der Waals surface area (Å²) in [6.07, 6.45) is 5.26. The fourth-order valence-electron chi connectivity index (χ4n) is 1.63. The Balaban J connectivity index is 2.50. The highest BCUT2D eigenvalue weighted by atomic mass is 35.5. The molecule has 2 heteroatoms. The Kier molecular flexibility index (Phi) is 2.35. The Bertz CT molecular complexity index is 138. The zero-order chi connectivity index (χ0) is 7.61. The first-order valence-corrected chi connectivity index (χ1v) is 4.29. The van der Waals surface area contributed by atoms with Crippen molar-refractivity contribution in [2.45, 2.75) is 39.0 Å². The highest BCUT2D eigenvalue weighted by Gasteiger charge is 2.41. The normalized spacial score (nSPS) is 21.8. The molecule has 1 fully saturated rings. The maximum absolute atomic E-state index is 10.9. The molecule has 1 nitrogen and oxygen atoms in total. The molecule has 58 valence electrons. The van der Waals surface area contributed by atoms with Crippen LogP contribution < -0.4 is 0 Å². The summed E-state index contributed by atoms with van der Waals surface area (Å²) in [6.45, 7) is 2.10. The average molecular weight is 161 g/mol. The van der Waals surface area contributed by atoms with Crippen molar-refractivity contribution < 1.29 is 4.79 Å². The molecule has 10 heavy (non-hydrogen) atoms. The van der Waals surface area contributed by atoms with Crippen LogP contribution in [0.1, 0.15) is 39.0 Å². The van der Waals surface area contributed by atoms with Gasteiger partial charge in [-0.1, -0.05) is 19.8 Å². The Hall–Kier alpha value is -0.0400. The van der Waals surface area contributed by atoms with Crippen LogP contribution >= 0.6 is 11.6 Å². The molecule has 0 unspecified atom stereocenters. The van der Waals surface area contributed by atoms with Crippen molar-refractivity contribution in [2.24, 2.45) is 5.41 Å². The summed E-state index contributed by atoms with van der Waals surface area (Å²) in [5.74, 6) is 0. The van der Waals surface area contributed by atoms with Gasteiger partial charge in [0.2, 0.25) is 5.24 Å². The van der Waals surface area contributed by atoms with Gasteiger partial charge in [-0.25, -0.2) is 0 Å². The SMILES string of the molecule is CCCC1(C(=O)Cl)CCC1. The highest BCUT2D eigenvalue weighted by molar-refractivity contribution is 6.64. The molecule has 1 aliphatic carbocycles. The van der Waals surface area contributed by atoms with Gasteiger partial charge in [0.1, 0.15) is 0 Å². The quantitative estimate of drug-likeness (QED) is 0.581. The van der Waals surface area contributed by atoms with Gasteiger partial charge < -0.3 is 0 Å². The number of hydrogen-bond donors (Lipinski definition) is 0. The van der Waals surface area contributed by atoms with E-state index in [-0.39, 0.29) is 10.7 Å². The predicted octanol–water partition coefficient (Wildman–Crippen LogP) is 2.72. The lowest BCUT2D eigenvalue weighted by atomic mass is 9.67. The maximum atomic E-state index is 10.9. The standard InChI is InChI=1S/C8H13ClO/c1-2-4-8(7(9)10)5-3-6-8/h2-6H2,1H3. The van der Waals surface area contributed by atoms with Gasteiger partial charge in [0.15, 0.2) is 0 Å². The lowest BCUT2D eigenvalue weighted by molar-refractivity contribution is -0.125. The first kappa shape index (κ1) is 8.06. The first-order chi connectivity index (χ1) is 4.71. The van der Waals surface area contributed by atoms with Crippen molar-refractivity contribution >= 4 is 16.8 Å². The van der Waals surface area contributed by atoms with Gasteiger partial charge >= 0.3 is 0 Å². The summed E-state index contributed by atoms with van der Waals surface area (Å²) in [7, 11) is 0. The molecule has 0 aliphatic heterocycles. The summed E-state index contributed by atoms with van der Waals surface area (Å²) < 4.78 is 0. The van der Waals surface area contributed by atoms with Crippen LogP contribution in [0.5, 0.6) is 0 Å². The summed E-state index contributed by atoms with van der Waals surface area (Å²) in [5.41, 5.74) is -0.101. The molecule has 0 atom stereocenters. The fraction of sp³-hybridized carbons (Fsp3) is 0.875. The third-order valence-electron chi connectivity index (χ3n) is 2.46. The Morgan fingerprint density at radius 2 is 2.20 bits per heavy atom. The molecule has 0 saturated heterocycles. The molecule has 0 N–H and O–H groups in total. The molecular weight excluding hydrogens is 148 g/mol. The Labute approximate surface area is 66.8 Å². The molecule has 0 bridgehead atoms. The van der Waals surface area contributed by atoms with E-state index in [1.165, 1.54) is 6.42 Å². The van der Waals surface area contributed by atoms with Gasteiger partial charge in [-0.3, -0.25) is 4.79 Å². The zero-order valence-corrected chi connectivity index (χ0v) is 7.08. The fourth-order valence-corrected chi connectivity index (χ4v) is 1.91. The van der Waals surface area contributed by atoms with Crippen molar-refractivity contribution in [3.05, 3.63) is 0 Å². The van der Waals surface area contributed by atoms with Crippen LogP contribution in [0.2, 0.25) is 0 Å². The van der Waals surface area contributed by atoms with E-state index in [9.17, 15) is 4.79 Å². The van der Waals surface area contributed by atoms with E-state index < -0.39 is 0 Å². The average Bonchev–Trinajstić information content (AvgIpc) is 1.77. The highest BCUT2D eigenvalue weighted by Crippen LogP contribution is 2.46. The summed E-state index contributed by atoms with van der Waals surface area (Å²) in [6, 6.07) is 0. The van der Waals surface area contributed by atoms with Gasteiger partial charge in [0, 0.05) is 5.41 Å². The summed E-state index contributed by atoms with van der Waals surface area (Å²) in [5, 5.41) is -0.111. The molecule has 0 heterocycles. The van der Waals surface area contributed by atoms with Crippen molar-refractivity contribution in [1.82, 2.24) is 0 Å².